The minimum Gasteiger partial charge on any atom is -0.396 e. The van der Waals surface area contributed by atoms with Crippen molar-refractivity contribution in [2.75, 3.05) is 19.8 Å². The molecule has 5 N–H and O–H groups in total. The van der Waals surface area contributed by atoms with E-state index in [1.165, 1.54) is 5.57 Å². The van der Waals surface area contributed by atoms with Gasteiger partial charge in [-0.05, 0) is 31.3 Å². The second-order valence-corrected chi connectivity index (χ2v) is 6.51. The molecule has 0 fully saturated rings. The summed E-state index contributed by atoms with van der Waals surface area (Å²) in [7, 11) is 0. The zero-order valence-electron chi connectivity index (χ0n) is 15.4. The summed E-state index contributed by atoms with van der Waals surface area (Å²) in [6, 6.07) is 0. The molecule has 0 saturated heterocycles. The van der Waals surface area contributed by atoms with Crippen molar-refractivity contribution in [3.8, 4) is 0 Å². The zero-order chi connectivity index (χ0) is 20.5. The van der Waals surface area contributed by atoms with Crippen LogP contribution < -0.4 is 0 Å². The lowest BCUT2D eigenvalue weighted by Gasteiger charge is -2.27. The number of rotatable bonds is 4. The van der Waals surface area contributed by atoms with Crippen molar-refractivity contribution in [2.24, 2.45) is 10.8 Å². The van der Waals surface area contributed by atoms with Crippen molar-refractivity contribution >= 4 is 17.9 Å². The Morgan fingerprint density at radius 2 is 1.44 bits per heavy atom. The molecule has 25 heavy (non-hydrogen) atoms. The predicted molar refractivity (Wildman–Crippen MR) is 92.6 cm³/mol. The molecule has 0 bridgehead atoms. The third-order valence-corrected chi connectivity index (χ3v) is 3.57. The third-order valence-electron chi connectivity index (χ3n) is 3.57. The maximum absolute atomic E-state index is 11.0. The molecule has 0 aliphatic heterocycles. The number of isocyanates is 2. The number of aliphatic hydroxyl groups excluding tert-OH is 3. The Morgan fingerprint density at radius 3 is 1.60 bits per heavy atom. The van der Waals surface area contributed by atoms with Crippen molar-refractivity contribution in [3.05, 3.63) is 11.6 Å². The Labute approximate surface area is 148 Å². The van der Waals surface area contributed by atoms with Crippen LogP contribution in [-0.4, -0.2) is 53.1 Å². The lowest BCUT2D eigenvalue weighted by molar-refractivity contribution is -0.117. The molecule has 144 valence electrons. The average Bonchev–Trinajstić information content (AvgIpc) is 2.50. The van der Waals surface area contributed by atoms with Gasteiger partial charge in [-0.25, -0.2) is 20.4 Å². The van der Waals surface area contributed by atoms with Crippen molar-refractivity contribution in [1.29, 1.82) is 10.8 Å². The SMILES string of the molecule is CC1=CC(=O)CC(C)(C)C1.CCC(CO)(CO)CO.N=C=O.N=C=O. The van der Waals surface area contributed by atoms with E-state index in [0.29, 0.717) is 12.8 Å². The lowest BCUT2D eigenvalue weighted by atomic mass is 9.77. The summed E-state index contributed by atoms with van der Waals surface area (Å²) in [6.07, 6.45) is 5.64. The standard InChI is InChI=1S/C9H14O.C6H14O3.2CHNO/c1-7-4-8(10)6-9(2,3)5-7;1-2-6(3-7,4-8)5-9;2*2-1-3/h4H,5-6H2,1-3H3;7-9H,2-5H2,1H3;2*2H. The van der Waals surface area contributed by atoms with Crippen LogP contribution in [-0.2, 0) is 14.4 Å². The van der Waals surface area contributed by atoms with Crippen molar-refractivity contribution in [3.63, 3.8) is 0 Å². The zero-order valence-corrected chi connectivity index (χ0v) is 15.4. The first-order chi connectivity index (χ1) is 11.6. The van der Waals surface area contributed by atoms with Gasteiger partial charge in [0, 0.05) is 11.8 Å². The highest BCUT2D eigenvalue weighted by molar-refractivity contribution is 5.91. The summed E-state index contributed by atoms with van der Waals surface area (Å²) >= 11 is 0. The highest BCUT2D eigenvalue weighted by atomic mass is 16.3. The van der Waals surface area contributed by atoms with Crippen LogP contribution >= 0.6 is 0 Å². The molecule has 1 aliphatic rings. The first-order valence-electron chi connectivity index (χ1n) is 7.67. The number of aliphatic hydroxyl groups is 3. The summed E-state index contributed by atoms with van der Waals surface area (Å²) < 4.78 is 0. The van der Waals surface area contributed by atoms with Gasteiger partial charge in [0.15, 0.2) is 5.78 Å². The van der Waals surface area contributed by atoms with Crippen LogP contribution in [0.5, 0.6) is 0 Å². The quantitative estimate of drug-likeness (QED) is 0.378. The van der Waals surface area contributed by atoms with Crippen molar-refractivity contribution in [2.45, 2.75) is 47.0 Å². The van der Waals surface area contributed by atoms with Gasteiger partial charge in [0.25, 0.3) is 0 Å². The molecule has 0 unspecified atom stereocenters. The van der Waals surface area contributed by atoms with Crippen molar-refractivity contribution in [1.82, 2.24) is 0 Å². The molecule has 0 radical (unpaired) electrons. The largest absolute Gasteiger partial charge is 0.396 e. The number of hydrogen-bond acceptors (Lipinski definition) is 8. The monoisotopic (exact) mass is 358 g/mol. The van der Waals surface area contributed by atoms with Gasteiger partial charge in [0.1, 0.15) is 0 Å². The number of allylic oxidation sites excluding steroid dienone is 2. The van der Waals surface area contributed by atoms with Gasteiger partial charge < -0.3 is 15.3 Å². The van der Waals surface area contributed by atoms with E-state index in [0.717, 1.165) is 18.6 Å². The first kappa shape index (κ1) is 27.9. The van der Waals surface area contributed by atoms with Crippen LogP contribution in [0.3, 0.4) is 0 Å². The number of hydrogen-bond donors (Lipinski definition) is 5. The van der Waals surface area contributed by atoms with E-state index in [4.69, 9.17) is 35.7 Å². The minimum absolute atomic E-state index is 0.156. The Morgan fingerprint density at radius 1 is 1.08 bits per heavy atom. The van der Waals surface area contributed by atoms with E-state index >= 15 is 0 Å². The fourth-order valence-electron chi connectivity index (χ4n) is 2.15. The summed E-state index contributed by atoms with van der Waals surface area (Å²) in [5, 5.41) is 36.8. The number of carbonyl (C=O) groups is 1. The van der Waals surface area contributed by atoms with Gasteiger partial charge >= 0.3 is 0 Å². The fraction of sp³-hybridized carbons (Fsp3) is 0.706. The summed E-state index contributed by atoms with van der Waals surface area (Å²) in [5.74, 6) is 0.286. The summed E-state index contributed by atoms with van der Waals surface area (Å²) in [5.41, 5.74) is 0.761. The molecule has 0 aromatic rings. The maximum Gasteiger partial charge on any atom is 0.231 e. The van der Waals surface area contributed by atoms with E-state index in [1.807, 2.05) is 13.8 Å². The minimum atomic E-state index is -0.667. The van der Waals surface area contributed by atoms with E-state index in [2.05, 4.69) is 13.8 Å². The molecule has 8 nitrogen and oxygen atoms in total. The lowest BCUT2D eigenvalue weighted by Crippen LogP contribution is -2.32. The highest BCUT2D eigenvalue weighted by Crippen LogP contribution is 2.32. The molecular formula is C17H30N2O6. The molecule has 1 rings (SSSR count). The second kappa shape index (κ2) is 15.6. The Bertz CT molecular complexity index is 440. The van der Waals surface area contributed by atoms with Gasteiger partial charge in [0.2, 0.25) is 12.2 Å². The molecule has 0 spiro atoms. The maximum atomic E-state index is 11.0. The van der Waals surface area contributed by atoms with Gasteiger partial charge in [-0.2, -0.15) is 0 Å². The predicted octanol–water partition coefficient (Wildman–Crippen LogP) is 1.48. The average molecular weight is 358 g/mol. The molecule has 1 aliphatic carbocycles. The molecular weight excluding hydrogens is 328 g/mol. The number of carbonyl (C=O) groups excluding carboxylic acids is 3. The molecule has 0 saturated carbocycles. The first-order valence-corrected chi connectivity index (χ1v) is 7.67. The van der Waals surface area contributed by atoms with Crippen LogP contribution in [0.4, 0.5) is 0 Å². The van der Waals surface area contributed by atoms with E-state index in [-0.39, 0.29) is 31.0 Å². The Balaban J connectivity index is -0.000000297. The molecule has 8 heteroatoms. The number of nitrogens with one attached hydrogen (secondary N) is 2. The molecule has 0 atom stereocenters. The van der Waals surface area contributed by atoms with Crippen LogP contribution in [0, 0.1) is 21.6 Å². The van der Waals surface area contributed by atoms with Gasteiger partial charge in [-0.1, -0.05) is 26.3 Å². The topological polar surface area (TPSA) is 160 Å². The normalized spacial score (nSPS) is 14.7. The smallest absolute Gasteiger partial charge is 0.231 e. The van der Waals surface area contributed by atoms with E-state index in [1.54, 1.807) is 6.08 Å². The van der Waals surface area contributed by atoms with Crippen LogP contribution in [0.25, 0.3) is 0 Å². The Hall–Kier alpha value is -1.95. The molecule has 0 aromatic heterocycles. The summed E-state index contributed by atoms with van der Waals surface area (Å²) in [4.78, 5) is 27.7. The Kier molecular flexibility index (Phi) is 17.4. The fourth-order valence-corrected chi connectivity index (χ4v) is 2.15. The third kappa shape index (κ3) is 15.3. The van der Waals surface area contributed by atoms with Gasteiger partial charge in [-0.15, -0.1) is 0 Å². The van der Waals surface area contributed by atoms with Crippen LogP contribution in [0.1, 0.15) is 47.0 Å². The summed E-state index contributed by atoms with van der Waals surface area (Å²) in [6.45, 7) is 7.66. The molecule has 0 amide bonds. The molecule has 0 aromatic carbocycles. The van der Waals surface area contributed by atoms with Gasteiger partial charge in [0.05, 0.1) is 19.8 Å². The van der Waals surface area contributed by atoms with Crippen LogP contribution in [0.2, 0.25) is 0 Å². The van der Waals surface area contributed by atoms with E-state index in [9.17, 15) is 4.79 Å². The molecule has 0 heterocycles. The van der Waals surface area contributed by atoms with Crippen molar-refractivity contribution < 1.29 is 29.7 Å². The van der Waals surface area contributed by atoms with Crippen LogP contribution in [0.15, 0.2) is 11.6 Å². The van der Waals surface area contributed by atoms with E-state index < -0.39 is 5.41 Å². The van der Waals surface area contributed by atoms with Gasteiger partial charge in [-0.3, -0.25) is 4.79 Å². The second-order valence-electron chi connectivity index (χ2n) is 6.51. The number of ketones is 1. The highest BCUT2D eigenvalue weighted by Gasteiger charge is 2.25.